The lowest BCUT2D eigenvalue weighted by Crippen LogP contribution is -2.71. The number of pyridine rings is 1. The second-order valence-electron chi connectivity index (χ2n) is 9.44. The average Bonchev–Trinajstić information content (AvgIpc) is 3.17. The Hall–Kier alpha value is -3.87. The summed E-state index contributed by atoms with van der Waals surface area (Å²) in [6, 6.07) is 9.11. The number of anilines is 1. The number of Topliss-reactive ketones (excluding diaryl/α,β-unsaturated/α-hetero) is 1. The molecule has 0 aliphatic heterocycles. The molecule has 6 rings (SSSR count). The molecule has 0 radical (unpaired) electrons. The molecule has 34 heavy (non-hydrogen) atoms. The van der Waals surface area contributed by atoms with Crippen LogP contribution in [0.4, 0.5) is 14.5 Å². The minimum atomic E-state index is -2.66. The fourth-order valence-electron chi connectivity index (χ4n) is 5.53. The van der Waals surface area contributed by atoms with Crippen molar-refractivity contribution < 1.29 is 18.4 Å². The Bertz CT molecular complexity index is 1340. The van der Waals surface area contributed by atoms with Crippen molar-refractivity contribution in [2.75, 3.05) is 11.9 Å². The number of hydrogen-bond donors (Lipinski definition) is 2. The van der Waals surface area contributed by atoms with E-state index in [0.717, 1.165) is 24.8 Å². The summed E-state index contributed by atoms with van der Waals surface area (Å²) in [6.45, 7) is 0.845. The number of carbonyl (C=O) groups excluding carboxylic acids is 2. The van der Waals surface area contributed by atoms with Gasteiger partial charge in [-0.2, -0.15) is 10.4 Å². The van der Waals surface area contributed by atoms with Gasteiger partial charge in [-0.05, 0) is 55.9 Å². The van der Waals surface area contributed by atoms with E-state index in [1.54, 1.807) is 23.6 Å². The van der Waals surface area contributed by atoms with Crippen LogP contribution in [0, 0.1) is 16.7 Å². The normalized spacial score (nSPS) is 22.6. The Morgan fingerprint density at radius 1 is 1.24 bits per heavy atom. The van der Waals surface area contributed by atoms with E-state index in [1.165, 1.54) is 12.4 Å². The Morgan fingerprint density at radius 2 is 2.00 bits per heavy atom. The topological polar surface area (TPSA) is 112 Å². The first-order chi connectivity index (χ1) is 16.2. The minimum absolute atomic E-state index is 0.0346. The van der Waals surface area contributed by atoms with Crippen molar-refractivity contribution in [3.63, 3.8) is 0 Å². The number of nitrogens with one attached hydrogen (secondary N) is 2. The van der Waals surface area contributed by atoms with Crippen LogP contribution in [-0.2, 0) is 4.79 Å². The first-order valence-corrected chi connectivity index (χ1v) is 10.9. The first-order valence-electron chi connectivity index (χ1n) is 10.9. The molecule has 174 valence electrons. The number of halogens is 2. The molecule has 3 fully saturated rings. The van der Waals surface area contributed by atoms with Gasteiger partial charge in [0.2, 0.25) is 0 Å². The Balaban J connectivity index is 1.47. The fraction of sp³-hybridized carbons (Fsp3) is 0.375. The molecule has 3 aliphatic rings. The van der Waals surface area contributed by atoms with E-state index < -0.39 is 18.9 Å². The van der Waals surface area contributed by atoms with Crippen LogP contribution in [0.25, 0.3) is 16.9 Å². The third kappa shape index (κ3) is 3.77. The van der Waals surface area contributed by atoms with Gasteiger partial charge in [0.25, 0.3) is 12.3 Å². The number of rotatable bonds is 8. The van der Waals surface area contributed by atoms with E-state index in [9.17, 15) is 18.4 Å². The summed E-state index contributed by atoms with van der Waals surface area (Å²) in [7, 11) is 0. The lowest BCUT2D eigenvalue weighted by atomic mass is 9.38. The van der Waals surface area contributed by atoms with Crippen molar-refractivity contribution in [3.05, 3.63) is 47.8 Å². The second-order valence-corrected chi connectivity index (χ2v) is 9.44. The fourth-order valence-corrected chi connectivity index (χ4v) is 5.53. The zero-order chi connectivity index (χ0) is 24.1. The number of amides is 1. The van der Waals surface area contributed by atoms with Gasteiger partial charge in [-0.1, -0.05) is 0 Å². The molecule has 1 amide bonds. The molecule has 2 N–H and O–H groups in total. The number of nitriles is 1. The molecule has 3 aromatic rings. The van der Waals surface area contributed by atoms with Crippen molar-refractivity contribution >= 4 is 22.9 Å². The highest BCUT2D eigenvalue weighted by Gasteiger charge is 2.67. The summed E-state index contributed by atoms with van der Waals surface area (Å²) in [5, 5.41) is 19.1. The summed E-state index contributed by atoms with van der Waals surface area (Å²) in [6.07, 6.45) is 3.18. The zero-order valence-corrected chi connectivity index (χ0v) is 18.4. The van der Waals surface area contributed by atoms with E-state index in [1.807, 2.05) is 12.1 Å². The quantitative estimate of drug-likeness (QED) is 0.527. The highest BCUT2D eigenvalue weighted by Crippen LogP contribution is 2.70. The van der Waals surface area contributed by atoms with Crippen LogP contribution in [-0.4, -0.2) is 44.8 Å². The summed E-state index contributed by atoms with van der Waals surface area (Å²) in [4.78, 5) is 28.6. The summed E-state index contributed by atoms with van der Waals surface area (Å²) in [5.74, 6) is -0.470. The van der Waals surface area contributed by atoms with Crippen LogP contribution in [0.3, 0.4) is 0 Å². The van der Waals surface area contributed by atoms with E-state index in [4.69, 9.17) is 5.26 Å². The molecule has 3 aromatic heterocycles. The molecule has 10 heteroatoms. The van der Waals surface area contributed by atoms with E-state index in [0.29, 0.717) is 29.1 Å². The van der Waals surface area contributed by atoms with Gasteiger partial charge in [0, 0.05) is 18.2 Å². The Morgan fingerprint density at radius 3 is 2.68 bits per heavy atom. The van der Waals surface area contributed by atoms with Gasteiger partial charge in [-0.25, -0.2) is 13.3 Å². The molecule has 3 aliphatic carbocycles. The standard InChI is InChI=1S/C24H22F2N6O2/c1-14(33)6-23-11-24(12-23,13-23)31-18-5-19(28-9-17(18)22(34)29-10-21(25)26)20-3-2-16-4-15(7-27)8-30-32(16)20/h2-5,8-9,21H,6,10-13H2,1H3,(H,28,31)(H,29,34). The minimum Gasteiger partial charge on any atom is -0.379 e. The highest BCUT2D eigenvalue weighted by atomic mass is 19.3. The maximum Gasteiger partial charge on any atom is 0.255 e. The molecular weight excluding hydrogens is 442 g/mol. The Labute approximate surface area is 194 Å². The number of carbonyl (C=O) groups is 2. The van der Waals surface area contributed by atoms with Crippen molar-refractivity contribution in [2.24, 2.45) is 5.41 Å². The first kappa shape index (κ1) is 21.9. The molecule has 2 bridgehead atoms. The number of hydrogen-bond acceptors (Lipinski definition) is 6. The predicted octanol–water partition coefficient (Wildman–Crippen LogP) is 3.58. The van der Waals surface area contributed by atoms with E-state index >= 15 is 0 Å². The van der Waals surface area contributed by atoms with Crippen LogP contribution >= 0.6 is 0 Å². The summed E-state index contributed by atoms with van der Waals surface area (Å²) in [5.41, 5.74) is 2.84. The molecule has 0 saturated heterocycles. The smallest absolute Gasteiger partial charge is 0.255 e. The Kier molecular flexibility index (Phi) is 5.08. The van der Waals surface area contributed by atoms with Gasteiger partial charge in [-0.15, -0.1) is 0 Å². The van der Waals surface area contributed by atoms with Gasteiger partial charge in [0.1, 0.15) is 11.9 Å². The van der Waals surface area contributed by atoms with E-state index in [-0.39, 0.29) is 22.3 Å². The van der Waals surface area contributed by atoms with Crippen molar-refractivity contribution in [1.29, 1.82) is 5.26 Å². The van der Waals surface area contributed by atoms with Crippen LogP contribution in [0.15, 0.2) is 36.7 Å². The molecule has 8 nitrogen and oxygen atoms in total. The SMILES string of the molecule is CC(=O)CC12CC(Nc3cc(-c4ccc5cc(C#N)cnn45)ncc3C(=O)NCC(F)F)(C1)C2. The maximum absolute atomic E-state index is 12.6. The predicted molar refractivity (Wildman–Crippen MR) is 119 cm³/mol. The summed E-state index contributed by atoms with van der Waals surface area (Å²) < 4.78 is 26.9. The number of ketones is 1. The van der Waals surface area contributed by atoms with Crippen LogP contribution in [0.1, 0.15) is 48.5 Å². The average molecular weight is 464 g/mol. The molecule has 0 atom stereocenters. The molecule has 3 heterocycles. The third-order valence-electron chi connectivity index (χ3n) is 6.62. The van der Waals surface area contributed by atoms with Gasteiger partial charge in [0.15, 0.2) is 0 Å². The lowest BCUT2D eigenvalue weighted by Gasteiger charge is -2.71. The van der Waals surface area contributed by atoms with Gasteiger partial charge in [-0.3, -0.25) is 9.78 Å². The largest absolute Gasteiger partial charge is 0.379 e. The molecule has 0 spiro atoms. The third-order valence-corrected chi connectivity index (χ3v) is 6.62. The monoisotopic (exact) mass is 464 g/mol. The lowest BCUT2D eigenvalue weighted by molar-refractivity contribution is -0.144. The van der Waals surface area contributed by atoms with Gasteiger partial charge >= 0.3 is 0 Å². The highest BCUT2D eigenvalue weighted by molar-refractivity contribution is 6.00. The second kappa shape index (κ2) is 7.87. The van der Waals surface area contributed by atoms with Crippen LogP contribution in [0.5, 0.6) is 0 Å². The number of alkyl halides is 2. The van der Waals surface area contributed by atoms with Gasteiger partial charge < -0.3 is 15.4 Å². The number of aromatic nitrogens is 3. The van der Waals surface area contributed by atoms with Crippen molar-refractivity contribution in [3.8, 4) is 17.5 Å². The van der Waals surface area contributed by atoms with Gasteiger partial charge in [0.05, 0.1) is 46.5 Å². The van der Waals surface area contributed by atoms with Crippen molar-refractivity contribution in [2.45, 2.75) is 44.6 Å². The molecule has 0 unspecified atom stereocenters. The van der Waals surface area contributed by atoms with Crippen molar-refractivity contribution in [1.82, 2.24) is 19.9 Å². The zero-order valence-electron chi connectivity index (χ0n) is 18.4. The molecule has 3 saturated carbocycles. The number of nitrogens with zero attached hydrogens (tertiary/aromatic N) is 4. The molecular formula is C24H22F2N6O2. The summed E-state index contributed by atoms with van der Waals surface area (Å²) >= 11 is 0. The molecule has 0 aromatic carbocycles. The van der Waals surface area contributed by atoms with Crippen LogP contribution in [0.2, 0.25) is 0 Å². The maximum atomic E-state index is 12.6. The van der Waals surface area contributed by atoms with E-state index in [2.05, 4.69) is 26.8 Å². The number of fused-ring (bicyclic) bond motifs is 1. The van der Waals surface area contributed by atoms with Crippen LogP contribution < -0.4 is 10.6 Å².